The van der Waals surface area contributed by atoms with Gasteiger partial charge in [-0.05, 0) is 35.4 Å². The number of hydrogen-bond acceptors (Lipinski definition) is 1. The molecule has 1 heteroatoms. The van der Waals surface area contributed by atoms with Crippen LogP contribution < -0.4 is 4.74 Å². The lowest BCUT2D eigenvalue weighted by molar-refractivity contribution is 0.404. The molecule has 0 radical (unpaired) electrons. The van der Waals surface area contributed by atoms with E-state index in [2.05, 4.69) is 45.9 Å². The molecule has 0 unspecified atom stereocenters. The fourth-order valence-electron chi connectivity index (χ4n) is 2.14. The number of hydrogen-bond donors (Lipinski definition) is 0. The third-order valence-corrected chi connectivity index (χ3v) is 3.43. The van der Waals surface area contributed by atoms with Gasteiger partial charge in [-0.1, -0.05) is 52.7 Å². The molecule has 0 saturated carbocycles. The van der Waals surface area contributed by atoms with Crippen LogP contribution in [0.4, 0.5) is 0 Å². The van der Waals surface area contributed by atoms with Crippen LogP contribution in [0, 0.1) is 5.92 Å². The molecule has 0 amide bonds. The lowest BCUT2D eigenvalue weighted by atomic mass is 9.79. The largest absolute Gasteiger partial charge is 0.497 e. The van der Waals surface area contributed by atoms with Crippen molar-refractivity contribution in [1.82, 2.24) is 0 Å². The van der Waals surface area contributed by atoms with E-state index in [1.807, 2.05) is 6.07 Å². The molecule has 1 aromatic carbocycles. The summed E-state index contributed by atoms with van der Waals surface area (Å²) >= 11 is 0. The summed E-state index contributed by atoms with van der Waals surface area (Å²) in [5, 5.41) is 0. The molecule has 0 saturated heterocycles. The van der Waals surface area contributed by atoms with E-state index in [4.69, 9.17) is 4.74 Å². The van der Waals surface area contributed by atoms with Gasteiger partial charge in [0.05, 0.1) is 7.11 Å². The number of methoxy groups -OCH3 is 1. The van der Waals surface area contributed by atoms with Crippen LogP contribution in [0.1, 0.15) is 52.5 Å². The summed E-state index contributed by atoms with van der Waals surface area (Å²) in [6.07, 6.45) is 3.84. The molecule has 0 bridgehead atoms. The first-order valence-corrected chi connectivity index (χ1v) is 6.60. The van der Waals surface area contributed by atoms with Crippen molar-refractivity contribution in [3.63, 3.8) is 0 Å². The van der Waals surface area contributed by atoms with Gasteiger partial charge < -0.3 is 4.74 Å². The van der Waals surface area contributed by atoms with Gasteiger partial charge in [-0.25, -0.2) is 0 Å². The van der Waals surface area contributed by atoms with Gasteiger partial charge in [0.1, 0.15) is 5.75 Å². The highest BCUT2D eigenvalue weighted by atomic mass is 16.5. The second-order valence-electron chi connectivity index (χ2n) is 5.90. The SMILES string of the molecule is COc1cccc(C(C)(C)CCCC(C)C)c1. The van der Waals surface area contributed by atoms with E-state index < -0.39 is 0 Å². The highest BCUT2D eigenvalue weighted by Crippen LogP contribution is 2.31. The minimum Gasteiger partial charge on any atom is -0.497 e. The summed E-state index contributed by atoms with van der Waals surface area (Å²) in [6, 6.07) is 8.46. The Bertz CT molecular complexity index is 339. The first kappa shape index (κ1) is 14.1. The Hall–Kier alpha value is -0.980. The first-order valence-electron chi connectivity index (χ1n) is 6.60. The van der Waals surface area contributed by atoms with Gasteiger partial charge in [-0.15, -0.1) is 0 Å². The van der Waals surface area contributed by atoms with Crippen molar-refractivity contribution in [2.75, 3.05) is 7.11 Å². The Morgan fingerprint density at radius 2 is 1.94 bits per heavy atom. The van der Waals surface area contributed by atoms with Crippen LogP contribution in [0.2, 0.25) is 0 Å². The third-order valence-electron chi connectivity index (χ3n) is 3.43. The summed E-state index contributed by atoms with van der Waals surface area (Å²) < 4.78 is 5.29. The monoisotopic (exact) mass is 234 g/mol. The normalized spacial score (nSPS) is 11.9. The van der Waals surface area contributed by atoms with E-state index in [1.165, 1.54) is 24.8 Å². The lowest BCUT2D eigenvalue weighted by Gasteiger charge is -2.26. The minimum absolute atomic E-state index is 0.240. The molecule has 0 aliphatic carbocycles. The number of benzene rings is 1. The molecule has 0 aliphatic heterocycles. The second-order valence-corrected chi connectivity index (χ2v) is 5.90. The second kappa shape index (κ2) is 6.09. The molecule has 0 aromatic heterocycles. The molecule has 1 rings (SSSR count). The molecule has 96 valence electrons. The van der Waals surface area contributed by atoms with Crippen molar-refractivity contribution in [3.8, 4) is 5.75 Å². The highest BCUT2D eigenvalue weighted by Gasteiger charge is 2.20. The molecule has 1 aromatic rings. The zero-order chi connectivity index (χ0) is 12.9. The van der Waals surface area contributed by atoms with Crippen molar-refractivity contribution in [3.05, 3.63) is 29.8 Å². The Kier molecular flexibility index (Phi) is 5.04. The van der Waals surface area contributed by atoms with Crippen molar-refractivity contribution in [2.24, 2.45) is 5.92 Å². The van der Waals surface area contributed by atoms with Crippen molar-refractivity contribution in [2.45, 2.75) is 52.4 Å². The molecule has 0 heterocycles. The zero-order valence-electron chi connectivity index (χ0n) is 11.9. The maximum atomic E-state index is 5.29. The molecule has 0 atom stereocenters. The molecule has 0 spiro atoms. The minimum atomic E-state index is 0.240. The van der Waals surface area contributed by atoms with Gasteiger partial charge in [0.25, 0.3) is 0 Å². The van der Waals surface area contributed by atoms with Gasteiger partial charge in [0.15, 0.2) is 0 Å². The Morgan fingerprint density at radius 3 is 2.53 bits per heavy atom. The molecule has 0 aliphatic rings. The van der Waals surface area contributed by atoms with Crippen LogP contribution in [-0.2, 0) is 5.41 Å². The third kappa shape index (κ3) is 4.41. The van der Waals surface area contributed by atoms with E-state index in [0.717, 1.165) is 11.7 Å². The maximum absolute atomic E-state index is 5.29. The average Bonchev–Trinajstić information content (AvgIpc) is 2.28. The maximum Gasteiger partial charge on any atom is 0.119 e. The fraction of sp³-hybridized carbons (Fsp3) is 0.625. The first-order chi connectivity index (χ1) is 7.95. The molecule has 17 heavy (non-hydrogen) atoms. The van der Waals surface area contributed by atoms with E-state index >= 15 is 0 Å². The molecular formula is C16H26O. The van der Waals surface area contributed by atoms with Crippen LogP contribution in [0.5, 0.6) is 5.75 Å². The van der Waals surface area contributed by atoms with Crippen molar-refractivity contribution >= 4 is 0 Å². The van der Waals surface area contributed by atoms with E-state index in [1.54, 1.807) is 7.11 Å². The molecular weight excluding hydrogens is 208 g/mol. The Balaban J connectivity index is 2.67. The fourth-order valence-corrected chi connectivity index (χ4v) is 2.14. The summed E-state index contributed by atoms with van der Waals surface area (Å²) in [6.45, 7) is 9.22. The molecule has 0 N–H and O–H groups in total. The smallest absolute Gasteiger partial charge is 0.119 e. The van der Waals surface area contributed by atoms with Gasteiger partial charge in [-0.3, -0.25) is 0 Å². The van der Waals surface area contributed by atoms with Crippen molar-refractivity contribution in [1.29, 1.82) is 0 Å². The predicted octanol–water partition coefficient (Wildman–Crippen LogP) is 4.80. The topological polar surface area (TPSA) is 9.23 Å². The summed E-state index contributed by atoms with van der Waals surface area (Å²) in [5.41, 5.74) is 1.62. The van der Waals surface area contributed by atoms with E-state index in [-0.39, 0.29) is 5.41 Å². The lowest BCUT2D eigenvalue weighted by Crippen LogP contribution is -2.17. The van der Waals surface area contributed by atoms with Crippen LogP contribution in [0.3, 0.4) is 0 Å². The van der Waals surface area contributed by atoms with Crippen molar-refractivity contribution < 1.29 is 4.74 Å². The zero-order valence-corrected chi connectivity index (χ0v) is 11.9. The quantitative estimate of drug-likeness (QED) is 0.687. The van der Waals surface area contributed by atoms with Gasteiger partial charge in [-0.2, -0.15) is 0 Å². The van der Waals surface area contributed by atoms with E-state index in [9.17, 15) is 0 Å². The van der Waals surface area contributed by atoms with Crippen LogP contribution in [0.25, 0.3) is 0 Å². The molecule has 0 fully saturated rings. The predicted molar refractivity (Wildman–Crippen MR) is 74.7 cm³/mol. The van der Waals surface area contributed by atoms with Crippen LogP contribution in [0.15, 0.2) is 24.3 Å². The summed E-state index contributed by atoms with van der Waals surface area (Å²) in [5.74, 6) is 1.76. The highest BCUT2D eigenvalue weighted by molar-refractivity contribution is 5.32. The van der Waals surface area contributed by atoms with Crippen LogP contribution >= 0.6 is 0 Å². The average molecular weight is 234 g/mol. The van der Waals surface area contributed by atoms with E-state index in [0.29, 0.717) is 0 Å². The summed E-state index contributed by atoms with van der Waals surface area (Å²) in [4.78, 5) is 0. The number of rotatable bonds is 6. The molecule has 1 nitrogen and oxygen atoms in total. The van der Waals surface area contributed by atoms with Gasteiger partial charge in [0, 0.05) is 0 Å². The standard InChI is InChI=1S/C16H26O/c1-13(2)8-7-11-16(3,4)14-9-6-10-15(12-14)17-5/h6,9-10,12-13H,7-8,11H2,1-5H3. The van der Waals surface area contributed by atoms with Crippen LogP contribution in [-0.4, -0.2) is 7.11 Å². The Labute approximate surface area is 106 Å². The number of ether oxygens (including phenoxy) is 1. The van der Waals surface area contributed by atoms with Gasteiger partial charge in [0.2, 0.25) is 0 Å². The van der Waals surface area contributed by atoms with Gasteiger partial charge >= 0.3 is 0 Å². The summed E-state index contributed by atoms with van der Waals surface area (Å²) in [7, 11) is 1.73. The Morgan fingerprint density at radius 1 is 1.24 bits per heavy atom.